The summed E-state index contributed by atoms with van der Waals surface area (Å²) in [5, 5.41) is 9.37. The molecule has 0 saturated carbocycles. The number of amides is 3. The van der Waals surface area contributed by atoms with E-state index in [9.17, 15) is 14.4 Å². The third-order valence-electron chi connectivity index (χ3n) is 6.41. The Morgan fingerprint density at radius 2 is 1.78 bits per heavy atom. The average molecular weight is 499 g/mol. The molecule has 3 atom stereocenters. The van der Waals surface area contributed by atoms with Gasteiger partial charge in [0.05, 0.1) is 12.2 Å². The molecule has 0 unspecified atom stereocenters. The van der Waals surface area contributed by atoms with Crippen LogP contribution in [0, 0.1) is 6.92 Å². The molecule has 4 rings (SSSR count). The second kappa shape index (κ2) is 12.6. The molecule has 3 amide bonds. The van der Waals surface area contributed by atoms with Crippen LogP contribution in [0.3, 0.4) is 0 Å². The predicted octanol–water partition coefficient (Wildman–Crippen LogP) is 2.75. The van der Waals surface area contributed by atoms with E-state index in [2.05, 4.69) is 15.8 Å². The predicted molar refractivity (Wildman–Crippen MR) is 131 cm³/mol. The van der Waals surface area contributed by atoms with Gasteiger partial charge in [0.15, 0.2) is 5.82 Å². The number of carbonyl (C=O) groups is 3. The summed E-state index contributed by atoms with van der Waals surface area (Å²) in [6.45, 7) is 3.72. The summed E-state index contributed by atoms with van der Waals surface area (Å²) in [5.74, 6) is -0.0443. The molecule has 2 aliphatic rings. The summed E-state index contributed by atoms with van der Waals surface area (Å²) in [4.78, 5) is 41.0. The van der Waals surface area contributed by atoms with Crippen LogP contribution < -0.4 is 10.6 Å². The first kappa shape index (κ1) is 25.8. The number of hydrogen-bond acceptors (Lipinski definition) is 7. The van der Waals surface area contributed by atoms with Gasteiger partial charge in [0.1, 0.15) is 11.8 Å². The minimum Gasteiger partial charge on any atom is -0.376 e. The highest BCUT2D eigenvalue weighted by Crippen LogP contribution is 2.26. The van der Waals surface area contributed by atoms with Crippen LogP contribution in [-0.2, 0) is 23.9 Å². The standard InChI is InChI=1S/C26H34N4O6/c1-18-15-22(29-36-18)28-23(31)11-12-24(32)30(17-21-10-6-14-35-21)25(19-7-3-2-4-8-19)26(33)27-16-20-9-5-13-34-20/h2-4,7-8,15,20-21,25H,5-6,9-14,16-17H2,1H3,(H,27,33)(H,28,29,31)/t20-,21-,25+/m0/s1. The lowest BCUT2D eigenvalue weighted by Gasteiger charge is -2.33. The molecule has 3 heterocycles. The van der Waals surface area contributed by atoms with Crippen molar-refractivity contribution in [2.24, 2.45) is 0 Å². The molecule has 0 spiro atoms. The van der Waals surface area contributed by atoms with Gasteiger partial charge >= 0.3 is 0 Å². The molecule has 10 nitrogen and oxygen atoms in total. The van der Waals surface area contributed by atoms with Crippen molar-refractivity contribution in [2.75, 3.05) is 31.6 Å². The molecule has 36 heavy (non-hydrogen) atoms. The fourth-order valence-electron chi connectivity index (χ4n) is 4.58. The van der Waals surface area contributed by atoms with Gasteiger partial charge in [-0.25, -0.2) is 0 Å². The zero-order valence-electron chi connectivity index (χ0n) is 20.6. The van der Waals surface area contributed by atoms with Gasteiger partial charge in [-0.15, -0.1) is 0 Å². The van der Waals surface area contributed by atoms with Gasteiger partial charge in [0.25, 0.3) is 0 Å². The number of rotatable bonds is 11. The zero-order valence-corrected chi connectivity index (χ0v) is 20.6. The summed E-state index contributed by atoms with van der Waals surface area (Å²) in [6, 6.07) is 10.00. The van der Waals surface area contributed by atoms with E-state index in [-0.39, 0.29) is 49.3 Å². The first-order valence-corrected chi connectivity index (χ1v) is 12.6. The van der Waals surface area contributed by atoms with Crippen LogP contribution in [0.15, 0.2) is 40.9 Å². The Labute approximate surface area is 210 Å². The first-order valence-electron chi connectivity index (χ1n) is 12.6. The molecule has 194 valence electrons. The van der Waals surface area contributed by atoms with Gasteiger partial charge < -0.3 is 29.5 Å². The van der Waals surface area contributed by atoms with Crippen LogP contribution in [-0.4, -0.2) is 66.3 Å². The molecule has 0 radical (unpaired) electrons. The van der Waals surface area contributed by atoms with E-state index >= 15 is 0 Å². The SMILES string of the molecule is Cc1cc(NC(=O)CCC(=O)N(C[C@@H]2CCCO2)[C@@H](C(=O)NC[C@@H]2CCCO2)c2ccccc2)no1. The van der Waals surface area contributed by atoms with Crippen molar-refractivity contribution >= 4 is 23.5 Å². The number of aromatic nitrogens is 1. The van der Waals surface area contributed by atoms with Crippen molar-refractivity contribution in [3.05, 3.63) is 47.7 Å². The number of anilines is 1. The van der Waals surface area contributed by atoms with Gasteiger partial charge in [-0.2, -0.15) is 0 Å². The molecule has 10 heteroatoms. The first-order chi connectivity index (χ1) is 17.5. The second-order valence-electron chi connectivity index (χ2n) is 9.25. The third-order valence-corrected chi connectivity index (χ3v) is 6.41. The fraction of sp³-hybridized carbons (Fsp3) is 0.538. The maximum Gasteiger partial charge on any atom is 0.247 e. The Bertz CT molecular complexity index is 1010. The molecule has 1 aromatic carbocycles. The third kappa shape index (κ3) is 7.14. The van der Waals surface area contributed by atoms with Crippen molar-refractivity contribution < 1.29 is 28.4 Å². The molecule has 1 aromatic heterocycles. The normalized spacial score (nSPS) is 20.1. The number of carbonyl (C=O) groups excluding carboxylic acids is 3. The fourth-order valence-corrected chi connectivity index (χ4v) is 4.58. The van der Waals surface area contributed by atoms with Crippen LogP contribution in [0.5, 0.6) is 0 Å². The molecule has 0 bridgehead atoms. The number of hydrogen-bond donors (Lipinski definition) is 2. The summed E-state index contributed by atoms with van der Waals surface area (Å²) >= 11 is 0. The maximum absolute atomic E-state index is 13.5. The van der Waals surface area contributed by atoms with E-state index in [1.165, 1.54) is 0 Å². The Hall–Kier alpha value is -3.24. The van der Waals surface area contributed by atoms with Crippen LogP contribution in [0.1, 0.15) is 55.9 Å². The van der Waals surface area contributed by atoms with Crippen molar-refractivity contribution in [3.63, 3.8) is 0 Å². The lowest BCUT2D eigenvalue weighted by molar-refractivity contribution is -0.143. The molecule has 2 N–H and O–H groups in total. The molecular formula is C26H34N4O6. The monoisotopic (exact) mass is 498 g/mol. The molecule has 2 fully saturated rings. The smallest absolute Gasteiger partial charge is 0.247 e. The second-order valence-corrected chi connectivity index (χ2v) is 9.25. The number of nitrogens with zero attached hydrogens (tertiary/aromatic N) is 2. The van der Waals surface area contributed by atoms with Crippen LogP contribution in [0.2, 0.25) is 0 Å². The van der Waals surface area contributed by atoms with Crippen molar-refractivity contribution in [1.82, 2.24) is 15.4 Å². The Morgan fingerprint density at radius 3 is 2.42 bits per heavy atom. The zero-order chi connectivity index (χ0) is 25.3. The number of ether oxygens (including phenoxy) is 2. The van der Waals surface area contributed by atoms with Crippen molar-refractivity contribution in [3.8, 4) is 0 Å². The van der Waals surface area contributed by atoms with E-state index in [1.54, 1.807) is 17.9 Å². The quantitative estimate of drug-likeness (QED) is 0.488. The highest BCUT2D eigenvalue weighted by atomic mass is 16.5. The topological polar surface area (TPSA) is 123 Å². The van der Waals surface area contributed by atoms with E-state index in [1.807, 2.05) is 30.3 Å². The number of benzene rings is 1. The Morgan fingerprint density at radius 1 is 1.06 bits per heavy atom. The van der Waals surface area contributed by atoms with E-state index in [4.69, 9.17) is 14.0 Å². The van der Waals surface area contributed by atoms with Gasteiger partial charge in [0, 0.05) is 45.2 Å². The Kier molecular flexibility index (Phi) is 9.07. The van der Waals surface area contributed by atoms with E-state index in [0.29, 0.717) is 36.9 Å². The Balaban J connectivity index is 1.48. The highest BCUT2D eigenvalue weighted by Gasteiger charge is 2.34. The number of nitrogens with one attached hydrogen (secondary N) is 2. The molecular weight excluding hydrogens is 464 g/mol. The van der Waals surface area contributed by atoms with Gasteiger partial charge in [-0.05, 0) is 38.2 Å². The molecule has 0 aliphatic carbocycles. The van der Waals surface area contributed by atoms with Crippen LogP contribution in [0.4, 0.5) is 5.82 Å². The minimum atomic E-state index is -0.842. The van der Waals surface area contributed by atoms with Crippen molar-refractivity contribution in [1.29, 1.82) is 0 Å². The lowest BCUT2D eigenvalue weighted by atomic mass is 10.0. The number of aryl methyl sites for hydroxylation is 1. The van der Waals surface area contributed by atoms with Gasteiger partial charge in [-0.1, -0.05) is 35.5 Å². The lowest BCUT2D eigenvalue weighted by Crippen LogP contribution is -2.47. The van der Waals surface area contributed by atoms with Crippen LogP contribution >= 0.6 is 0 Å². The van der Waals surface area contributed by atoms with E-state index < -0.39 is 6.04 Å². The summed E-state index contributed by atoms with van der Waals surface area (Å²) in [7, 11) is 0. The van der Waals surface area contributed by atoms with Crippen LogP contribution in [0.25, 0.3) is 0 Å². The molecule has 2 saturated heterocycles. The summed E-state index contributed by atoms with van der Waals surface area (Å²) < 4.78 is 16.4. The largest absolute Gasteiger partial charge is 0.376 e. The highest BCUT2D eigenvalue weighted by molar-refractivity contribution is 5.94. The molecule has 2 aromatic rings. The van der Waals surface area contributed by atoms with Crippen molar-refractivity contribution in [2.45, 2.75) is 63.7 Å². The maximum atomic E-state index is 13.5. The summed E-state index contributed by atoms with van der Waals surface area (Å²) in [6.07, 6.45) is 3.32. The molecule has 2 aliphatic heterocycles. The van der Waals surface area contributed by atoms with Gasteiger partial charge in [0.2, 0.25) is 17.7 Å². The van der Waals surface area contributed by atoms with E-state index in [0.717, 1.165) is 25.7 Å². The average Bonchev–Trinajstić information content (AvgIpc) is 3.66. The summed E-state index contributed by atoms with van der Waals surface area (Å²) in [5.41, 5.74) is 0.705. The minimum absolute atomic E-state index is 0.0171. The van der Waals surface area contributed by atoms with Gasteiger partial charge in [-0.3, -0.25) is 14.4 Å².